The Morgan fingerprint density at radius 2 is 1.06 bits per heavy atom. The van der Waals surface area contributed by atoms with Crippen LogP contribution < -0.4 is 5.46 Å². The lowest BCUT2D eigenvalue weighted by Gasteiger charge is -2.51. The molecule has 4 aliphatic carbocycles. The first kappa shape index (κ1) is 29.7. The van der Waals surface area contributed by atoms with Gasteiger partial charge >= 0.3 is 6.92 Å². The predicted octanol–water partition coefficient (Wildman–Crippen LogP) is 10.5. The van der Waals surface area contributed by atoms with Gasteiger partial charge in [-0.1, -0.05) is 155 Å². The Morgan fingerprint density at radius 1 is 0.562 bits per heavy atom. The maximum Gasteiger partial charge on any atom is 0.324 e. The van der Waals surface area contributed by atoms with E-state index >= 15 is 0 Å². The fourth-order valence-corrected chi connectivity index (χ4v) is 9.63. The van der Waals surface area contributed by atoms with Gasteiger partial charge in [-0.3, -0.25) is 0 Å². The molecule has 0 saturated heterocycles. The molecule has 0 fully saturated rings. The van der Waals surface area contributed by atoms with Crippen LogP contribution in [0.1, 0.15) is 92.0 Å². The number of hydrogen-bond acceptors (Lipinski definition) is 1. The quantitative estimate of drug-likeness (QED) is 0.179. The summed E-state index contributed by atoms with van der Waals surface area (Å²) in [5.74, 6) is 0. The van der Waals surface area contributed by atoms with Crippen molar-refractivity contribution >= 4 is 18.0 Å². The van der Waals surface area contributed by atoms with E-state index in [1.807, 2.05) is 0 Å². The second-order valence-electron chi connectivity index (χ2n) is 15.8. The summed E-state index contributed by atoms with van der Waals surface area (Å²) in [7, 11) is 0. The van der Waals surface area contributed by atoms with E-state index < -0.39 is 10.8 Å². The Kier molecular flexibility index (Phi) is 6.23. The van der Waals surface area contributed by atoms with E-state index in [-0.39, 0.29) is 17.9 Å². The van der Waals surface area contributed by atoms with Gasteiger partial charge in [0.2, 0.25) is 0 Å². The smallest absolute Gasteiger partial charge is 0.324 e. The minimum Gasteiger partial charge on any atom is -0.426 e. The maximum atomic E-state index is 7.22. The van der Waals surface area contributed by atoms with Crippen molar-refractivity contribution in [3.05, 3.63) is 177 Å². The second-order valence-corrected chi connectivity index (χ2v) is 15.8. The first-order valence-electron chi connectivity index (χ1n) is 17.7. The highest BCUT2D eigenvalue weighted by Gasteiger charge is 2.60. The van der Waals surface area contributed by atoms with Gasteiger partial charge in [0.15, 0.2) is 0 Å². The summed E-state index contributed by atoms with van der Waals surface area (Å²) in [4.78, 5) is 0. The lowest BCUT2D eigenvalue weighted by Crippen LogP contribution is -2.52. The average Bonchev–Trinajstić information content (AvgIpc) is 3.55. The molecule has 2 heteroatoms. The number of fused-ring (bicyclic) bond motifs is 15. The van der Waals surface area contributed by atoms with E-state index in [1.165, 1.54) is 72.2 Å². The number of allylic oxidation sites excluding steroid dienone is 4. The summed E-state index contributed by atoms with van der Waals surface area (Å²) in [5, 5.41) is 0. The Hall–Kier alpha value is -4.40. The zero-order chi connectivity index (χ0) is 33.1. The van der Waals surface area contributed by atoms with E-state index in [0.29, 0.717) is 0 Å². The normalized spacial score (nSPS) is 19.5. The maximum absolute atomic E-state index is 7.22. The summed E-state index contributed by atoms with van der Waals surface area (Å²) in [6.07, 6.45) is 7.01. The molecule has 0 aromatic heterocycles. The second kappa shape index (κ2) is 10.1. The van der Waals surface area contributed by atoms with E-state index in [4.69, 9.17) is 4.65 Å². The molecule has 5 aromatic carbocycles. The van der Waals surface area contributed by atoms with Gasteiger partial charge in [0, 0.05) is 0 Å². The first-order valence-corrected chi connectivity index (χ1v) is 17.7. The van der Waals surface area contributed by atoms with Gasteiger partial charge in [-0.15, -0.1) is 0 Å². The molecule has 1 nitrogen and oxygen atoms in total. The molecule has 5 aromatic rings. The predicted molar refractivity (Wildman–Crippen MR) is 201 cm³/mol. The molecule has 48 heavy (non-hydrogen) atoms. The molecule has 4 aliphatic rings. The van der Waals surface area contributed by atoms with Crippen molar-refractivity contribution in [3.63, 3.8) is 0 Å². The highest BCUT2D eigenvalue weighted by molar-refractivity contribution is 6.67. The van der Waals surface area contributed by atoms with E-state index in [9.17, 15) is 0 Å². The Morgan fingerprint density at radius 3 is 1.67 bits per heavy atom. The lowest BCUT2D eigenvalue weighted by molar-refractivity contribution is 0.000406. The molecule has 0 bridgehead atoms. The molecule has 0 amide bonds. The highest BCUT2D eigenvalue weighted by Crippen LogP contribution is 2.67. The summed E-state index contributed by atoms with van der Waals surface area (Å²) >= 11 is 0. The fourth-order valence-electron chi connectivity index (χ4n) is 9.63. The van der Waals surface area contributed by atoms with Crippen LogP contribution in [0.5, 0.6) is 0 Å². The monoisotopic (exact) mass is 622 g/mol. The largest absolute Gasteiger partial charge is 0.426 e. The third kappa shape index (κ3) is 3.57. The SMILES string of the molecule is CB(OC(C)(C)C(C)(C)C)c1cccc2c1C1(c3ccccc3-c3ccccc31)c1ccccc1C21C2=C(CCC=C2)c2ccccc21. The third-order valence-electron chi connectivity index (χ3n) is 12.5. The third-order valence-corrected chi connectivity index (χ3v) is 12.5. The van der Waals surface area contributed by atoms with E-state index in [1.54, 1.807) is 0 Å². The van der Waals surface area contributed by atoms with Crippen molar-refractivity contribution in [1.82, 2.24) is 0 Å². The van der Waals surface area contributed by atoms with Crippen LogP contribution in [0.15, 0.2) is 133 Å². The molecule has 2 spiro atoms. The van der Waals surface area contributed by atoms with Gasteiger partial charge in [-0.05, 0) is 104 Å². The molecule has 1 atom stereocenters. The molecular weight excluding hydrogens is 579 g/mol. The van der Waals surface area contributed by atoms with Crippen LogP contribution in [-0.2, 0) is 15.5 Å². The van der Waals surface area contributed by atoms with Crippen LogP contribution in [0, 0.1) is 5.41 Å². The zero-order valence-electron chi connectivity index (χ0n) is 29.0. The Balaban J connectivity index is 1.48. The zero-order valence-corrected chi connectivity index (χ0v) is 29.0. The standard InChI is InChI=1S/C46H43BO/c1-43(2,3)44(4,5)48-47(6)41-29-17-28-40-42(41)46(36-24-13-9-20-32(36)33-21-10-14-25-37(33)46)39-27-16-15-26-38(39)45(40)34-22-11-7-18-30(34)31-19-8-12-23-35(31)45/h7,9-18,20-29H,8,19H2,1-6H3. The van der Waals surface area contributed by atoms with Crippen LogP contribution in [0.3, 0.4) is 0 Å². The van der Waals surface area contributed by atoms with Gasteiger partial charge < -0.3 is 4.65 Å². The summed E-state index contributed by atoms with van der Waals surface area (Å²) in [6, 6.07) is 44.1. The molecule has 9 rings (SSSR count). The van der Waals surface area contributed by atoms with Crippen LogP contribution in [0.4, 0.5) is 0 Å². The molecule has 0 aliphatic heterocycles. The molecule has 0 saturated carbocycles. The van der Waals surface area contributed by atoms with E-state index in [2.05, 4.69) is 169 Å². The number of benzene rings is 5. The van der Waals surface area contributed by atoms with Crippen LogP contribution in [-0.4, -0.2) is 12.5 Å². The Bertz CT molecular complexity index is 2160. The molecule has 1 unspecified atom stereocenters. The summed E-state index contributed by atoms with van der Waals surface area (Å²) in [6.45, 7) is 13.5. The molecule has 0 N–H and O–H groups in total. The van der Waals surface area contributed by atoms with Gasteiger partial charge in [0.1, 0.15) is 0 Å². The van der Waals surface area contributed by atoms with Crippen molar-refractivity contribution in [2.45, 2.75) is 70.7 Å². The highest BCUT2D eigenvalue weighted by atomic mass is 16.5. The van der Waals surface area contributed by atoms with Crippen molar-refractivity contribution in [3.8, 4) is 11.1 Å². The lowest BCUT2D eigenvalue weighted by atomic mass is 9.47. The minimum absolute atomic E-state index is 0.0365. The van der Waals surface area contributed by atoms with Gasteiger partial charge in [0.05, 0.1) is 16.4 Å². The summed E-state index contributed by atoms with van der Waals surface area (Å²) in [5.41, 5.74) is 16.7. The van der Waals surface area contributed by atoms with Gasteiger partial charge in [0.25, 0.3) is 0 Å². The van der Waals surface area contributed by atoms with Gasteiger partial charge in [-0.2, -0.15) is 0 Å². The number of rotatable bonds is 3. The van der Waals surface area contributed by atoms with Crippen molar-refractivity contribution in [2.75, 3.05) is 0 Å². The van der Waals surface area contributed by atoms with Crippen LogP contribution in [0.25, 0.3) is 16.7 Å². The van der Waals surface area contributed by atoms with Crippen LogP contribution in [0.2, 0.25) is 6.82 Å². The average molecular weight is 623 g/mol. The van der Waals surface area contributed by atoms with Crippen molar-refractivity contribution in [1.29, 1.82) is 0 Å². The molecule has 0 heterocycles. The molecule has 236 valence electrons. The summed E-state index contributed by atoms with van der Waals surface area (Å²) < 4.78 is 7.22. The van der Waals surface area contributed by atoms with Crippen molar-refractivity contribution < 1.29 is 4.65 Å². The van der Waals surface area contributed by atoms with Crippen molar-refractivity contribution in [2.24, 2.45) is 5.41 Å². The van der Waals surface area contributed by atoms with Crippen LogP contribution >= 0.6 is 0 Å². The first-order chi connectivity index (χ1) is 23.1. The Labute approximate surface area is 286 Å². The fraction of sp³-hybridized carbons (Fsp3) is 0.261. The topological polar surface area (TPSA) is 9.23 Å². The molecule has 0 radical (unpaired) electrons. The van der Waals surface area contributed by atoms with E-state index in [0.717, 1.165) is 12.8 Å². The minimum atomic E-state index is -0.499. The number of hydrogen-bond donors (Lipinski definition) is 0. The van der Waals surface area contributed by atoms with Gasteiger partial charge in [-0.25, -0.2) is 0 Å². The molecular formula is C46H43BO.